The summed E-state index contributed by atoms with van der Waals surface area (Å²) >= 11 is 0. The molecular weight excluding hydrogens is 352 g/mol. The van der Waals surface area contributed by atoms with Crippen LogP contribution in [0.5, 0.6) is 5.75 Å². The van der Waals surface area contributed by atoms with Gasteiger partial charge in [0, 0.05) is 11.8 Å². The van der Waals surface area contributed by atoms with Crippen LogP contribution in [-0.4, -0.2) is 25.7 Å². The molecule has 6 nitrogen and oxygen atoms in total. The Hall–Kier alpha value is -2.51. The van der Waals surface area contributed by atoms with Crippen LogP contribution in [0.25, 0.3) is 16.6 Å². The van der Waals surface area contributed by atoms with Crippen LogP contribution in [0.4, 0.5) is 14.7 Å². The minimum atomic E-state index is -3.31. The van der Waals surface area contributed by atoms with E-state index in [1.54, 1.807) is 26.0 Å². The lowest BCUT2D eigenvalue weighted by molar-refractivity contribution is -0.211. The first-order valence-corrected chi connectivity index (χ1v) is 9.15. The van der Waals surface area contributed by atoms with Crippen molar-refractivity contribution in [2.24, 2.45) is 11.8 Å². The number of aryl methyl sites for hydroxylation is 1. The number of alkyl halides is 2. The zero-order valence-electron chi connectivity index (χ0n) is 16.3. The predicted octanol–water partition coefficient (Wildman–Crippen LogP) is 4.38. The largest absolute Gasteiger partial charge is 0.430 e. The van der Waals surface area contributed by atoms with Crippen LogP contribution in [0.1, 0.15) is 45.5 Å². The molecule has 0 radical (unpaired) electrons. The van der Waals surface area contributed by atoms with Crippen LogP contribution in [0, 0.1) is 18.8 Å². The number of nitrogens with zero attached hydrogens (tertiary/aromatic N) is 4. The molecule has 1 atom stereocenters. The molecule has 0 bridgehead atoms. The van der Waals surface area contributed by atoms with Gasteiger partial charge in [0.1, 0.15) is 5.52 Å². The molecule has 0 amide bonds. The Kier molecular flexibility index (Phi) is 4.92. The molecule has 146 valence electrons. The zero-order valence-corrected chi connectivity index (χ0v) is 16.3. The van der Waals surface area contributed by atoms with Gasteiger partial charge in [0.25, 0.3) is 0 Å². The fourth-order valence-corrected chi connectivity index (χ4v) is 2.87. The molecule has 0 saturated heterocycles. The van der Waals surface area contributed by atoms with Crippen LogP contribution >= 0.6 is 0 Å². The van der Waals surface area contributed by atoms with Crippen molar-refractivity contribution in [1.82, 2.24) is 19.6 Å². The van der Waals surface area contributed by atoms with Gasteiger partial charge in [-0.2, -0.15) is 13.3 Å². The van der Waals surface area contributed by atoms with Gasteiger partial charge in [-0.05, 0) is 30.9 Å². The Balaban J connectivity index is 2.20. The van der Waals surface area contributed by atoms with Gasteiger partial charge in [0.2, 0.25) is 5.95 Å². The number of nitrogen functional groups attached to an aromatic ring is 1. The number of anilines is 1. The van der Waals surface area contributed by atoms with E-state index in [0.717, 1.165) is 0 Å². The third-order valence-electron chi connectivity index (χ3n) is 4.68. The van der Waals surface area contributed by atoms with Crippen molar-refractivity contribution in [3.05, 3.63) is 23.5 Å². The number of halogens is 2. The minimum Gasteiger partial charge on any atom is -0.430 e. The topological polar surface area (TPSA) is 78.3 Å². The summed E-state index contributed by atoms with van der Waals surface area (Å²) in [6.07, 6.45) is -2.34. The molecule has 8 heteroatoms. The molecule has 2 N–H and O–H groups in total. The smallest absolute Gasteiger partial charge is 0.400 e. The first kappa shape index (κ1) is 19.3. The van der Waals surface area contributed by atoms with Gasteiger partial charge < -0.3 is 10.5 Å². The summed E-state index contributed by atoms with van der Waals surface area (Å²) in [4.78, 5) is 8.86. The summed E-state index contributed by atoms with van der Waals surface area (Å²) in [5.74, 6) is 0.193. The van der Waals surface area contributed by atoms with Crippen molar-refractivity contribution in [3.63, 3.8) is 0 Å². The molecule has 3 rings (SSSR count). The van der Waals surface area contributed by atoms with Crippen molar-refractivity contribution < 1.29 is 13.5 Å². The number of rotatable bonds is 6. The van der Waals surface area contributed by atoms with E-state index in [-0.39, 0.29) is 17.2 Å². The number of fused-ring (bicyclic) bond motifs is 3. The van der Waals surface area contributed by atoms with Crippen molar-refractivity contribution in [3.8, 4) is 5.75 Å². The van der Waals surface area contributed by atoms with Crippen molar-refractivity contribution in [2.45, 2.75) is 53.6 Å². The third kappa shape index (κ3) is 3.52. The minimum absolute atomic E-state index is 0.0282. The summed E-state index contributed by atoms with van der Waals surface area (Å²) in [5, 5.41) is 4.98. The molecule has 0 aliphatic heterocycles. The number of benzene rings is 1. The summed E-state index contributed by atoms with van der Waals surface area (Å²) in [7, 11) is 0. The number of ether oxygens (including phenoxy) is 1. The van der Waals surface area contributed by atoms with E-state index in [4.69, 9.17) is 10.5 Å². The maximum absolute atomic E-state index is 14.5. The van der Waals surface area contributed by atoms with Gasteiger partial charge in [-0.1, -0.05) is 33.8 Å². The van der Waals surface area contributed by atoms with Gasteiger partial charge in [0.15, 0.2) is 17.2 Å². The van der Waals surface area contributed by atoms with E-state index in [0.29, 0.717) is 41.2 Å². The van der Waals surface area contributed by atoms with Crippen molar-refractivity contribution in [2.75, 3.05) is 5.73 Å². The molecule has 0 fully saturated rings. The fourth-order valence-electron chi connectivity index (χ4n) is 2.87. The number of nitrogens with two attached hydrogens (primary N) is 1. The van der Waals surface area contributed by atoms with Crippen LogP contribution in [-0.2, 0) is 6.42 Å². The quantitative estimate of drug-likeness (QED) is 0.689. The van der Waals surface area contributed by atoms with Gasteiger partial charge in [-0.3, -0.25) is 0 Å². The Bertz CT molecular complexity index is 983. The second kappa shape index (κ2) is 6.90. The molecule has 1 unspecified atom stereocenters. The van der Waals surface area contributed by atoms with Crippen LogP contribution in [0.15, 0.2) is 12.1 Å². The van der Waals surface area contributed by atoms with Gasteiger partial charge >= 0.3 is 6.11 Å². The molecule has 0 spiro atoms. The summed E-state index contributed by atoms with van der Waals surface area (Å²) in [6, 6.07) is 3.51. The Labute approximate surface area is 156 Å². The molecule has 2 heterocycles. The molecule has 0 saturated carbocycles. The van der Waals surface area contributed by atoms with Crippen LogP contribution in [0.3, 0.4) is 0 Å². The summed E-state index contributed by atoms with van der Waals surface area (Å²) < 4.78 is 35.5. The summed E-state index contributed by atoms with van der Waals surface area (Å²) in [5.41, 5.74) is 7.36. The SMILES string of the molecule is CCC(C)C(F)(F)Oc1c(C)ccc2c1nc(N)n1nc(CC(C)C)nc21. The van der Waals surface area contributed by atoms with E-state index in [1.165, 1.54) is 11.4 Å². The van der Waals surface area contributed by atoms with Gasteiger partial charge in [0.05, 0.1) is 5.92 Å². The van der Waals surface area contributed by atoms with E-state index in [1.807, 2.05) is 0 Å². The average molecular weight is 377 g/mol. The lowest BCUT2D eigenvalue weighted by Gasteiger charge is -2.24. The maximum atomic E-state index is 14.5. The Morgan fingerprint density at radius 3 is 2.56 bits per heavy atom. The van der Waals surface area contributed by atoms with Gasteiger partial charge in [-0.15, -0.1) is 5.10 Å². The van der Waals surface area contributed by atoms with Gasteiger partial charge in [-0.25, -0.2) is 9.97 Å². The zero-order chi connectivity index (χ0) is 19.9. The third-order valence-corrected chi connectivity index (χ3v) is 4.68. The highest BCUT2D eigenvalue weighted by atomic mass is 19.3. The maximum Gasteiger partial charge on any atom is 0.400 e. The summed E-state index contributed by atoms with van der Waals surface area (Å²) in [6.45, 7) is 8.99. The highest BCUT2D eigenvalue weighted by molar-refractivity contribution is 5.96. The number of hydrogen-bond donors (Lipinski definition) is 1. The number of aromatic nitrogens is 4. The van der Waals surface area contributed by atoms with E-state index in [9.17, 15) is 8.78 Å². The lowest BCUT2D eigenvalue weighted by atomic mass is 10.1. The van der Waals surface area contributed by atoms with Crippen molar-refractivity contribution in [1.29, 1.82) is 0 Å². The second-order valence-corrected chi connectivity index (χ2v) is 7.41. The molecular formula is C19H25F2N5O. The highest BCUT2D eigenvalue weighted by Gasteiger charge is 2.39. The normalized spacial score (nSPS) is 13.6. The van der Waals surface area contributed by atoms with Crippen molar-refractivity contribution >= 4 is 22.5 Å². The standard InChI is InChI=1S/C19H25F2N5O/c1-6-12(5)19(20,21)27-16-11(4)7-8-13-15(16)24-18(22)26-17(13)23-14(25-26)9-10(2)3/h7-8,10,12H,6,9H2,1-5H3,(H2,22,24). The molecule has 1 aromatic carbocycles. The first-order chi connectivity index (χ1) is 12.6. The molecule has 0 aliphatic carbocycles. The van der Waals surface area contributed by atoms with E-state index < -0.39 is 12.0 Å². The monoisotopic (exact) mass is 377 g/mol. The molecule has 0 aliphatic rings. The van der Waals surface area contributed by atoms with Crippen LogP contribution < -0.4 is 10.5 Å². The first-order valence-electron chi connectivity index (χ1n) is 9.15. The van der Waals surface area contributed by atoms with Crippen LogP contribution in [0.2, 0.25) is 0 Å². The highest BCUT2D eigenvalue weighted by Crippen LogP contribution is 2.37. The Morgan fingerprint density at radius 2 is 1.93 bits per heavy atom. The molecule has 2 aromatic heterocycles. The molecule has 27 heavy (non-hydrogen) atoms. The predicted molar refractivity (Wildman–Crippen MR) is 101 cm³/mol. The number of hydrogen-bond acceptors (Lipinski definition) is 5. The average Bonchev–Trinajstić information content (AvgIpc) is 3.00. The van der Waals surface area contributed by atoms with E-state index in [2.05, 4.69) is 28.9 Å². The van der Waals surface area contributed by atoms with E-state index >= 15 is 0 Å². The lowest BCUT2D eigenvalue weighted by Crippen LogP contribution is -2.33. The second-order valence-electron chi connectivity index (χ2n) is 7.41. The Morgan fingerprint density at radius 1 is 1.22 bits per heavy atom. The molecule has 3 aromatic rings. The fraction of sp³-hybridized carbons (Fsp3) is 0.526.